The van der Waals surface area contributed by atoms with Crippen LogP contribution in [0.3, 0.4) is 0 Å². The van der Waals surface area contributed by atoms with E-state index >= 15 is 0 Å². The first kappa shape index (κ1) is 14.9. The fourth-order valence-electron chi connectivity index (χ4n) is 1.99. The van der Waals surface area contributed by atoms with Crippen molar-refractivity contribution >= 4 is 11.6 Å². The number of nitrogens with zero attached hydrogens (tertiary/aromatic N) is 4. The van der Waals surface area contributed by atoms with Crippen molar-refractivity contribution in [2.24, 2.45) is 0 Å². The topological polar surface area (TPSA) is 64.9 Å². The number of aromatic nitrogens is 4. The molecule has 2 heterocycles. The molecular weight excluding hydrogens is 278 g/mol. The molecule has 0 aromatic carbocycles. The zero-order chi connectivity index (χ0) is 14.4. The van der Waals surface area contributed by atoms with Gasteiger partial charge >= 0.3 is 0 Å². The Labute approximate surface area is 123 Å². The summed E-state index contributed by atoms with van der Waals surface area (Å²) in [5, 5.41) is 8.24. The Hall–Kier alpha value is -1.50. The first-order chi connectivity index (χ1) is 9.77. The van der Waals surface area contributed by atoms with E-state index in [1.54, 1.807) is 31.8 Å². The first-order valence-corrected chi connectivity index (χ1v) is 6.86. The maximum Gasteiger partial charge on any atom is 0.151 e. The van der Waals surface area contributed by atoms with Gasteiger partial charge in [-0.25, -0.2) is 9.97 Å². The van der Waals surface area contributed by atoms with Crippen molar-refractivity contribution in [1.29, 1.82) is 0 Å². The Morgan fingerprint density at radius 2 is 2.15 bits per heavy atom. The third kappa shape index (κ3) is 3.33. The second-order valence-electron chi connectivity index (χ2n) is 4.19. The van der Waals surface area contributed by atoms with Crippen LogP contribution < -0.4 is 5.32 Å². The van der Waals surface area contributed by atoms with Crippen LogP contribution in [-0.2, 0) is 11.3 Å². The Morgan fingerprint density at radius 1 is 1.40 bits per heavy atom. The summed E-state index contributed by atoms with van der Waals surface area (Å²) in [6.07, 6.45) is 5.08. The molecule has 1 N–H and O–H groups in total. The zero-order valence-corrected chi connectivity index (χ0v) is 12.3. The van der Waals surface area contributed by atoms with Crippen molar-refractivity contribution in [3.8, 4) is 0 Å². The summed E-state index contributed by atoms with van der Waals surface area (Å²) < 4.78 is 6.93. The standard InChI is InChI=1S/C13H18ClN5O/c1-3-15-11(13-16-5-4-6-17-13)12-10(14)9-18-19(12)7-8-20-2/h4-6,9,11,15H,3,7-8H2,1-2H3. The first-order valence-electron chi connectivity index (χ1n) is 6.48. The van der Waals surface area contributed by atoms with Crippen LogP contribution in [0.4, 0.5) is 0 Å². The van der Waals surface area contributed by atoms with Crippen molar-refractivity contribution in [1.82, 2.24) is 25.1 Å². The quantitative estimate of drug-likeness (QED) is 0.842. The molecule has 7 heteroatoms. The van der Waals surface area contributed by atoms with Gasteiger partial charge in [-0.2, -0.15) is 5.10 Å². The summed E-state index contributed by atoms with van der Waals surface area (Å²) in [6.45, 7) is 4.00. The molecule has 0 amide bonds. The number of hydrogen-bond acceptors (Lipinski definition) is 5. The predicted octanol–water partition coefficient (Wildman–Crippen LogP) is 1.67. The van der Waals surface area contributed by atoms with Gasteiger partial charge in [0.1, 0.15) is 6.04 Å². The smallest absolute Gasteiger partial charge is 0.151 e. The van der Waals surface area contributed by atoms with Crippen molar-refractivity contribution < 1.29 is 4.74 Å². The summed E-state index contributed by atoms with van der Waals surface area (Å²) in [5.41, 5.74) is 0.858. The van der Waals surface area contributed by atoms with Gasteiger partial charge in [0.05, 0.1) is 30.1 Å². The minimum atomic E-state index is -0.187. The van der Waals surface area contributed by atoms with Crippen molar-refractivity contribution in [3.63, 3.8) is 0 Å². The lowest BCUT2D eigenvalue weighted by Crippen LogP contribution is -2.27. The van der Waals surface area contributed by atoms with E-state index in [1.807, 2.05) is 11.6 Å². The Kier molecular flexibility index (Phi) is 5.46. The summed E-state index contributed by atoms with van der Waals surface area (Å²) in [4.78, 5) is 8.62. The van der Waals surface area contributed by atoms with Gasteiger partial charge in [0.15, 0.2) is 5.82 Å². The molecule has 0 aliphatic rings. The molecule has 6 nitrogen and oxygen atoms in total. The summed E-state index contributed by atoms with van der Waals surface area (Å²) in [5.74, 6) is 0.676. The molecule has 0 bridgehead atoms. The summed E-state index contributed by atoms with van der Waals surface area (Å²) >= 11 is 6.28. The van der Waals surface area contributed by atoms with Gasteiger partial charge < -0.3 is 10.1 Å². The molecule has 0 radical (unpaired) electrons. The van der Waals surface area contributed by atoms with Gasteiger partial charge in [0.25, 0.3) is 0 Å². The lowest BCUT2D eigenvalue weighted by atomic mass is 10.2. The van der Waals surface area contributed by atoms with Crippen LogP contribution >= 0.6 is 11.6 Å². The van der Waals surface area contributed by atoms with Gasteiger partial charge in [-0.15, -0.1) is 0 Å². The van der Waals surface area contributed by atoms with Crippen molar-refractivity contribution in [2.75, 3.05) is 20.3 Å². The number of rotatable bonds is 7. The van der Waals surface area contributed by atoms with Crippen LogP contribution in [0.5, 0.6) is 0 Å². The average molecular weight is 296 g/mol. The van der Waals surface area contributed by atoms with E-state index in [2.05, 4.69) is 20.4 Å². The second-order valence-corrected chi connectivity index (χ2v) is 4.60. The molecule has 108 valence electrons. The fourth-order valence-corrected chi connectivity index (χ4v) is 2.24. The Bertz CT molecular complexity index is 531. The molecule has 0 spiro atoms. The molecule has 0 fully saturated rings. The van der Waals surface area contributed by atoms with E-state index in [0.717, 1.165) is 12.2 Å². The molecule has 0 aliphatic carbocycles. The maximum absolute atomic E-state index is 6.28. The maximum atomic E-state index is 6.28. The Morgan fingerprint density at radius 3 is 2.80 bits per heavy atom. The van der Waals surface area contributed by atoms with Gasteiger partial charge in [-0.3, -0.25) is 4.68 Å². The van der Waals surface area contributed by atoms with Gasteiger partial charge in [-0.1, -0.05) is 18.5 Å². The molecule has 2 aromatic heterocycles. The lowest BCUT2D eigenvalue weighted by Gasteiger charge is -2.18. The highest BCUT2D eigenvalue weighted by Crippen LogP contribution is 2.26. The molecule has 0 aliphatic heterocycles. The van der Waals surface area contributed by atoms with Crippen LogP contribution in [0.1, 0.15) is 24.5 Å². The minimum Gasteiger partial charge on any atom is -0.383 e. The lowest BCUT2D eigenvalue weighted by molar-refractivity contribution is 0.182. The predicted molar refractivity (Wildman–Crippen MR) is 76.7 cm³/mol. The van der Waals surface area contributed by atoms with Crippen LogP contribution in [0.2, 0.25) is 5.02 Å². The minimum absolute atomic E-state index is 0.187. The van der Waals surface area contributed by atoms with E-state index in [0.29, 0.717) is 24.0 Å². The highest BCUT2D eigenvalue weighted by atomic mass is 35.5. The number of halogens is 1. The van der Waals surface area contributed by atoms with Crippen LogP contribution in [0, 0.1) is 0 Å². The van der Waals surface area contributed by atoms with E-state index in [1.165, 1.54) is 0 Å². The van der Waals surface area contributed by atoms with E-state index in [-0.39, 0.29) is 6.04 Å². The molecule has 1 atom stereocenters. The van der Waals surface area contributed by atoms with Crippen LogP contribution in [-0.4, -0.2) is 40.0 Å². The third-order valence-corrected chi connectivity index (χ3v) is 3.16. The molecule has 0 saturated carbocycles. The van der Waals surface area contributed by atoms with Crippen molar-refractivity contribution in [2.45, 2.75) is 19.5 Å². The number of hydrogen-bond donors (Lipinski definition) is 1. The molecular formula is C13H18ClN5O. The monoisotopic (exact) mass is 295 g/mol. The highest BCUT2D eigenvalue weighted by Gasteiger charge is 2.23. The average Bonchev–Trinajstić information content (AvgIpc) is 2.84. The fraction of sp³-hybridized carbons (Fsp3) is 0.462. The van der Waals surface area contributed by atoms with Gasteiger partial charge in [0, 0.05) is 19.5 Å². The highest BCUT2D eigenvalue weighted by molar-refractivity contribution is 6.31. The number of nitrogens with one attached hydrogen (secondary N) is 1. The SMILES string of the molecule is CCNC(c1ncccn1)c1c(Cl)cnn1CCOC. The normalized spacial score (nSPS) is 12.6. The second kappa shape index (κ2) is 7.33. The molecule has 20 heavy (non-hydrogen) atoms. The van der Waals surface area contributed by atoms with Gasteiger partial charge in [-0.05, 0) is 12.6 Å². The van der Waals surface area contributed by atoms with Crippen LogP contribution in [0.25, 0.3) is 0 Å². The molecule has 2 rings (SSSR count). The molecule has 0 saturated heterocycles. The summed E-state index contributed by atoms with van der Waals surface area (Å²) in [6, 6.07) is 1.60. The number of ether oxygens (including phenoxy) is 1. The van der Waals surface area contributed by atoms with E-state index < -0.39 is 0 Å². The summed E-state index contributed by atoms with van der Waals surface area (Å²) in [7, 11) is 1.66. The molecule has 2 aromatic rings. The third-order valence-electron chi connectivity index (χ3n) is 2.87. The van der Waals surface area contributed by atoms with Gasteiger partial charge in [0.2, 0.25) is 0 Å². The van der Waals surface area contributed by atoms with E-state index in [4.69, 9.17) is 16.3 Å². The zero-order valence-electron chi connectivity index (χ0n) is 11.6. The van der Waals surface area contributed by atoms with Crippen molar-refractivity contribution in [3.05, 3.63) is 41.2 Å². The number of methoxy groups -OCH3 is 1. The Balaban J connectivity index is 2.36. The van der Waals surface area contributed by atoms with Crippen LogP contribution in [0.15, 0.2) is 24.7 Å². The largest absolute Gasteiger partial charge is 0.383 e. The van der Waals surface area contributed by atoms with E-state index in [9.17, 15) is 0 Å². The molecule has 1 unspecified atom stereocenters.